The van der Waals surface area contributed by atoms with Gasteiger partial charge in [-0.1, -0.05) is 6.92 Å². The maximum atomic E-state index is 3.72. The summed E-state index contributed by atoms with van der Waals surface area (Å²) >= 11 is 0. The fourth-order valence-corrected chi connectivity index (χ4v) is 2.29. The topological polar surface area (TPSA) is 15.3 Å². The Balaban J connectivity index is 1.68. The molecule has 13 heavy (non-hydrogen) atoms. The van der Waals surface area contributed by atoms with E-state index in [1.807, 2.05) is 0 Å². The van der Waals surface area contributed by atoms with Gasteiger partial charge in [0.1, 0.15) is 0 Å². The number of likely N-dealkylation sites (N-methyl/N-ethyl adjacent to an activating group) is 1. The first kappa shape index (κ1) is 9.47. The Labute approximate surface area is 81.7 Å². The molecule has 1 atom stereocenters. The molecule has 1 N–H and O–H groups in total. The Morgan fingerprint density at radius 2 is 2.23 bits per heavy atom. The molecule has 1 saturated carbocycles. The predicted molar refractivity (Wildman–Crippen MR) is 55.9 cm³/mol. The van der Waals surface area contributed by atoms with E-state index < -0.39 is 0 Å². The SMILES string of the molecule is CCC1(CNC2CCN(C)C2)CC1. The molecule has 0 spiro atoms. The van der Waals surface area contributed by atoms with Crippen LogP contribution in [-0.4, -0.2) is 37.6 Å². The molecule has 0 aromatic rings. The summed E-state index contributed by atoms with van der Waals surface area (Å²) in [5.74, 6) is 0. The average Bonchev–Trinajstić information content (AvgIpc) is 2.81. The summed E-state index contributed by atoms with van der Waals surface area (Å²) in [5.41, 5.74) is 0.709. The minimum atomic E-state index is 0.709. The summed E-state index contributed by atoms with van der Waals surface area (Å²) in [5, 5.41) is 3.72. The monoisotopic (exact) mass is 182 g/mol. The van der Waals surface area contributed by atoms with Gasteiger partial charge in [-0.2, -0.15) is 0 Å². The van der Waals surface area contributed by atoms with E-state index in [2.05, 4.69) is 24.2 Å². The predicted octanol–water partition coefficient (Wildman–Crippen LogP) is 1.47. The third kappa shape index (κ3) is 2.23. The first-order valence-electron chi connectivity index (χ1n) is 5.66. The quantitative estimate of drug-likeness (QED) is 0.708. The fourth-order valence-electron chi connectivity index (χ4n) is 2.29. The molecule has 1 saturated heterocycles. The van der Waals surface area contributed by atoms with Gasteiger partial charge >= 0.3 is 0 Å². The molecule has 2 heteroatoms. The van der Waals surface area contributed by atoms with Gasteiger partial charge < -0.3 is 10.2 Å². The number of rotatable bonds is 4. The van der Waals surface area contributed by atoms with Crippen LogP contribution in [0.1, 0.15) is 32.6 Å². The second-order valence-corrected chi connectivity index (χ2v) is 4.98. The van der Waals surface area contributed by atoms with Gasteiger partial charge in [-0.3, -0.25) is 0 Å². The third-order valence-corrected chi connectivity index (χ3v) is 3.86. The molecule has 0 radical (unpaired) electrons. The van der Waals surface area contributed by atoms with Gasteiger partial charge in [-0.05, 0) is 44.7 Å². The molecule has 1 aliphatic carbocycles. The van der Waals surface area contributed by atoms with Crippen molar-refractivity contribution in [1.82, 2.24) is 10.2 Å². The van der Waals surface area contributed by atoms with Crippen LogP contribution in [0, 0.1) is 5.41 Å². The second-order valence-electron chi connectivity index (χ2n) is 4.98. The summed E-state index contributed by atoms with van der Waals surface area (Å²) in [6, 6.07) is 0.772. The van der Waals surface area contributed by atoms with Crippen molar-refractivity contribution in [3.63, 3.8) is 0 Å². The van der Waals surface area contributed by atoms with Gasteiger partial charge in [0.15, 0.2) is 0 Å². The highest BCUT2D eigenvalue weighted by atomic mass is 15.2. The Hall–Kier alpha value is -0.0800. The highest BCUT2D eigenvalue weighted by Gasteiger charge is 2.40. The summed E-state index contributed by atoms with van der Waals surface area (Å²) in [7, 11) is 2.22. The smallest absolute Gasteiger partial charge is 0.0207 e. The lowest BCUT2D eigenvalue weighted by atomic mass is 10.0. The average molecular weight is 182 g/mol. The van der Waals surface area contributed by atoms with Crippen molar-refractivity contribution >= 4 is 0 Å². The molecule has 0 bridgehead atoms. The molecule has 2 fully saturated rings. The van der Waals surface area contributed by atoms with Crippen LogP contribution in [0.25, 0.3) is 0 Å². The van der Waals surface area contributed by atoms with Gasteiger partial charge in [0.25, 0.3) is 0 Å². The molecule has 0 aromatic heterocycles. The van der Waals surface area contributed by atoms with E-state index >= 15 is 0 Å². The first-order chi connectivity index (χ1) is 6.24. The van der Waals surface area contributed by atoms with Crippen molar-refractivity contribution in [1.29, 1.82) is 0 Å². The van der Waals surface area contributed by atoms with E-state index in [4.69, 9.17) is 0 Å². The van der Waals surface area contributed by atoms with E-state index in [1.165, 1.54) is 45.3 Å². The van der Waals surface area contributed by atoms with Crippen LogP contribution in [-0.2, 0) is 0 Å². The summed E-state index contributed by atoms with van der Waals surface area (Å²) in [4.78, 5) is 2.42. The van der Waals surface area contributed by atoms with E-state index in [1.54, 1.807) is 0 Å². The van der Waals surface area contributed by atoms with Crippen molar-refractivity contribution < 1.29 is 0 Å². The van der Waals surface area contributed by atoms with Gasteiger partial charge in [0.05, 0.1) is 0 Å². The minimum Gasteiger partial charge on any atom is -0.312 e. The fraction of sp³-hybridized carbons (Fsp3) is 1.00. The molecule has 0 amide bonds. The lowest BCUT2D eigenvalue weighted by Gasteiger charge is -2.18. The molecule has 1 unspecified atom stereocenters. The maximum absolute atomic E-state index is 3.72. The number of hydrogen-bond acceptors (Lipinski definition) is 2. The summed E-state index contributed by atoms with van der Waals surface area (Å²) < 4.78 is 0. The van der Waals surface area contributed by atoms with Crippen molar-refractivity contribution in [2.24, 2.45) is 5.41 Å². The van der Waals surface area contributed by atoms with Gasteiger partial charge in [-0.15, -0.1) is 0 Å². The Morgan fingerprint density at radius 1 is 1.46 bits per heavy atom. The highest BCUT2D eigenvalue weighted by Crippen LogP contribution is 2.47. The van der Waals surface area contributed by atoms with Crippen LogP contribution in [0.5, 0.6) is 0 Å². The van der Waals surface area contributed by atoms with Gasteiger partial charge in [0.2, 0.25) is 0 Å². The molecule has 0 aromatic carbocycles. The zero-order valence-electron chi connectivity index (χ0n) is 8.97. The lowest BCUT2D eigenvalue weighted by molar-refractivity contribution is 0.373. The normalized spacial score (nSPS) is 32.3. The minimum absolute atomic E-state index is 0.709. The van der Waals surface area contributed by atoms with Crippen LogP contribution in [0.2, 0.25) is 0 Å². The summed E-state index contributed by atoms with van der Waals surface area (Å²) in [6.07, 6.45) is 5.62. The first-order valence-corrected chi connectivity index (χ1v) is 5.66. The molecule has 76 valence electrons. The standard InChI is InChI=1S/C11H22N2/c1-3-11(5-6-11)9-12-10-4-7-13(2)8-10/h10,12H,3-9H2,1-2H3. The number of likely N-dealkylation sites (tertiary alicyclic amines) is 1. The molecular weight excluding hydrogens is 160 g/mol. The van der Waals surface area contributed by atoms with E-state index in [0.29, 0.717) is 5.41 Å². The molecular formula is C11H22N2. The van der Waals surface area contributed by atoms with Gasteiger partial charge in [0, 0.05) is 19.1 Å². The zero-order valence-corrected chi connectivity index (χ0v) is 8.97. The third-order valence-electron chi connectivity index (χ3n) is 3.86. The molecule has 2 aliphatic rings. The van der Waals surface area contributed by atoms with E-state index in [9.17, 15) is 0 Å². The second kappa shape index (κ2) is 3.58. The lowest BCUT2D eigenvalue weighted by Crippen LogP contribution is -2.35. The van der Waals surface area contributed by atoms with Crippen LogP contribution >= 0.6 is 0 Å². The Kier molecular flexibility index (Phi) is 2.61. The van der Waals surface area contributed by atoms with Crippen LogP contribution in [0.4, 0.5) is 0 Å². The van der Waals surface area contributed by atoms with E-state index in [-0.39, 0.29) is 0 Å². The molecule has 1 aliphatic heterocycles. The highest BCUT2D eigenvalue weighted by molar-refractivity contribution is 4.95. The van der Waals surface area contributed by atoms with Crippen molar-refractivity contribution in [3.8, 4) is 0 Å². The Morgan fingerprint density at radius 3 is 2.69 bits per heavy atom. The molecule has 1 heterocycles. The van der Waals surface area contributed by atoms with Crippen LogP contribution < -0.4 is 5.32 Å². The number of nitrogens with zero attached hydrogens (tertiary/aromatic N) is 1. The van der Waals surface area contributed by atoms with Crippen LogP contribution in [0.3, 0.4) is 0 Å². The Bertz CT molecular complexity index is 175. The largest absolute Gasteiger partial charge is 0.312 e. The van der Waals surface area contributed by atoms with Crippen molar-refractivity contribution in [2.75, 3.05) is 26.7 Å². The van der Waals surface area contributed by atoms with Gasteiger partial charge in [-0.25, -0.2) is 0 Å². The van der Waals surface area contributed by atoms with E-state index in [0.717, 1.165) is 6.04 Å². The molecule has 2 nitrogen and oxygen atoms in total. The van der Waals surface area contributed by atoms with Crippen molar-refractivity contribution in [2.45, 2.75) is 38.6 Å². The van der Waals surface area contributed by atoms with Crippen LogP contribution in [0.15, 0.2) is 0 Å². The number of hydrogen-bond donors (Lipinski definition) is 1. The maximum Gasteiger partial charge on any atom is 0.0207 e. The summed E-state index contributed by atoms with van der Waals surface area (Å²) in [6.45, 7) is 6.12. The number of nitrogens with one attached hydrogen (secondary N) is 1. The molecule has 2 rings (SSSR count). The zero-order chi connectivity index (χ0) is 9.31. The van der Waals surface area contributed by atoms with Crippen molar-refractivity contribution in [3.05, 3.63) is 0 Å².